The van der Waals surface area contributed by atoms with E-state index in [2.05, 4.69) is 27.5 Å². The smallest absolute Gasteiger partial charge is 0.252 e. The fraction of sp³-hybridized carbons (Fsp3) is 0.533. The van der Waals surface area contributed by atoms with E-state index in [1.165, 1.54) is 25.7 Å². The van der Waals surface area contributed by atoms with Gasteiger partial charge in [-0.3, -0.25) is 4.79 Å². The van der Waals surface area contributed by atoms with E-state index in [1.807, 2.05) is 36.9 Å². The van der Waals surface area contributed by atoms with Crippen LogP contribution in [0.3, 0.4) is 0 Å². The van der Waals surface area contributed by atoms with Crippen LogP contribution < -0.4 is 5.32 Å². The predicted molar refractivity (Wildman–Crippen MR) is 85.9 cm³/mol. The molecule has 0 aromatic heterocycles. The molecule has 1 aliphatic rings. The molecule has 0 atom stereocenters. The van der Waals surface area contributed by atoms with Gasteiger partial charge >= 0.3 is 0 Å². The molecule has 1 aromatic carbocycles. The number of hydrogen-bond acceptors (Lipinski definition) is 2. The minimum atomic E-state index is 0.0240. The van der Waals surface area contributed by atoms with Crippen molar-refractivity contribution in [2.45, 2.75) is 37.4 Å². The van der Waals surface area contributed by atoms with Gasteiger partial charge in [-0.1, -0.05) is 24.5 Å². The van der Waals surface area contributed by atoms with E-state index >= 15 is 0 Å². The van der Waals surface area contributed by atoms with E-state index in [0.717, 1.165) is 22.1 Å². The zero-order valence-electron chi connectivity index (χ0n) is 11.5. The zero-order valence-corrected chi connectivity index (χ0v) is 13.9. The molecule has 1 fully saturated rings. The minimum absolute atomic E-state index is 0.0240. The summed E-state index contributed by atoms with van der Waals surface area (Å²) >= 11 is 5.35. The van der Waals surface area contributed by atoms with Crippen molar-refractivity contribution in [1.82, 2.24) is 5.32 Å². The molecule has 0 aliphatic heterocycles. The molecule has 104 valence electrons. The second kappa shape index (κ2) is 6.31. The van der Waals surface area contributed by atoms with Gasteiger partial charge in [0.05, 0.1) is 5.56 Å². The Hall–Kier alpha value is -0.480. The fourth-order valence-corrected chi connectivity index (χ4v) is 3.96. The Morgan fingerprint density at radius 1 is 1.42 bits per heavy atom. The molecular weight excluding hydrogens is 322 g/mol. The van der Waals surface area contributed by atoms with Crippen molar-refractivity contribution in [3.8, 4) is 0 Å². The predicted octanol–water partition coefficient (Wildman–Crippen LogP) is 4.16. The summed E-state index contributed by atoms with van der Waals surface area (Å²) in [4.78, 5) is 12.3. The molecule has 1 N–H and O–H groups in total. The quantitative estimate of drug-likeness (QED) is 0.890. The molecular formula is C15H20BrNOS. The highest BCUT2D eigenvalue weighted by Gasteiger charge is 2.33. The molecule has 0 spiro atoms. The lowest BCUT2D eigenvalue weighted by atomic mass is 10.1. The van der Waals surface area contributed by atoms with Gasteiger partial charge < -0.3 is 5.32 Å². The number of hydrogen-bond donors (Lipinski definition) is 1. The highest BCUT2D eigenvalue weighted by atomic mass is 79.9. The second-order valence-corrected chi connectivity index (χ2v) is 7.39. The van der Waals surface area contributed by atoms with E-state index in [4.69, 9.17) is 0 Å². The molecule has 0 bridgehead atoms. The van der Waals surface area contributed by atoms with Crippen LogP contribution in [-0.2, 0) is 0 Å². The zero-order chi connectivity index (χ0) is 13.9. The number of rotatable bonds is 4. The molecule has 0 heterocycles. The fourth-order valence-electron chi connectivity index (χ4n) is 2.62. The van der Waals surface area contributed by atoms with Gasteiger partial charge in [0.1, 0.15) is 0 Å². The molecule has 2 nitrogen and oxygen atoms in total. The van der Waals surface area contributed by atoms with Crippen molar-refractivity contribution in [3.63, 3.8) is 0 Å². The van der Waals surface area contributed by atoms with E-state index in [1.54, 1.807) is 0 Å². The first kappa shape index (κ1) is 14.9. The summed E-state index contributed by atoms with van der Waals surface area (Å²) in [5, 5.41) is 3.11. The summed E-state index contributed by atoms with van der Waals surface area (Å²) in [5.74, 6) is 0.0240. The number of aryl methyl sites for hydroxylation is 1. The normalized spacial score (nSPS) is 17.4. The van der Waals surface area contributed by atoms with E-state index in [0.29, 0.717) is 0 Å². The molecule has 1 amide bonds. The molecule has 1 aromatic rings. The third-order valence-corrected chi connectivity index (χ3v) is 6.00. The summed E-state index contributed by atoms with van der Waals surface area (Å²) < 4.78 is 1.12. The van der Waals surface area contributed by atoms with Gasteiger partial charge in [-0.15, -0.1) is 0 Å². The Bertz CT molecular complexity index is 469. The van der Waals surface area contributed by atoms with E-state index < -0.39 is 0 Å². The minimum Gasteiger partial charge on any atom is -0.351 e. The summed E-state index contributed by atoms with van der Waals surface area (Å²) in [6.07, 6.45) is 7.14. The van der Waals surface area contributed by atoms with Gasteiger partial charge in [-0.25, -0.2) is 0 Å². The van der Waals surface area contributed by atoms with Crippen LogP contribution in [0.2, 0.25) is 0 Å². The topological polar surface area (TPSA) is 29.1 Å². The first-order valence-corrected chi connectivity index (χ1v) is 8.68. The largest absolute Gasteiger partial charge is 0.351 e. The van der Waals surface area contributed by atoms with Gasteiger partial charge in [0, 0.05) is 15.8 Å². The monoisotopic (exact) mass is 341 g/mol. The Morgan fingerprint density at radius 2 is 2.11 bits per heavy atom. The van der Waals surface area contributed by atoms with Crippen LogP contribution in [0.25, 0.3) is 0 Å². The SMILES string of the molecule is CSC1(CNC(=O)c2cc(C)ccc2Br)CCCC1. The number of carbonyl (C=O) groups excluding carboxylic acids is 1. The summed E-state index contributed by atoms with van der Waals surface area (Å²) in [6, 6.07) is 5.87. The average Bonchev–Trinajstić information content (AvgIpc) is 2.88. The van der Waals surface area contributed by atoms with Crippen molar-refractivity contribution in [2.24, 2.45) is 0 Å². The van der Waals surface area contributed by atoms with Crippen LogP contribution in [0.4, 0.5) is 0 Å². The summed E-state index contributed by atoms with van der Waals surface area (Å²) in [6.45, 7) is 2.77. The van der Waals surface area contributed by atoms with Crippen molar-refractivity contribution in [1.29, 1.82) is 0 Å². The van der Waals surface area contributed by atoms with Gasteiger partial charge in [0.15, 0.2) is 0 Å². The standard InChI is InChI=1S/C15H20BrNOS/c1-11-5-6-13(16)12(9-11)14(18)17-10-15(19-2)7-3-4-8-15/h5-6,9H,3-4,7-8,10H2,1-2H3,(H,17,18). The van der Waals surface area contributed by atoms with Crippen LogP contribution in [0.1, 0.15) is 41.6 Å². The van der Waals surface area contributed by atoms with Crippen LogP contribution in [-0.4, -0.2) is 23.5 Å². The van der Waals surface area contributed by atoms with Gasteiger partial charge in [-0.05, 0) is 54.1 Å². The number of amides is 1. The third-order valence-electron chi connectivity index (χ3n) is 3.89. The van der Waals surface area contributed by atoms with Gasteiger partial charge in [0.2, 0.25) is 0 Å². The lowest BCUT2D eigenvalue weighted by Crippen LogP contribution is -2.38. The Kier molecular flexibility index (Phi) is 4.96. The molecule has 4 heteroatoms. The number of carbonyl (C=O) groups is 1. The number of halogens is 1. The van der Waals surface area contributed by atoms with E-state index in [9.17, 15) is 4.79 Å². The van der Waals surface area contributed by atoms with Crippen LogP contribution >= 0.6 is 27.7 Å². The summed E-state index contributed by atoms with van der Waals surface area (Å²) in [5.41, 5.74) is 1.84. The number of nitrogens with one attached hydrogen (secondary N) is 1. The van der Waals surface area contributed by atoms with Gasteiger partial charge in [0.25, 0.3) is 5.91 Å². The van der Waals surface area contributed by atoms with Crippen LogP contribution in [0.5, 0.6) is 0 Å². The number of thioether (sulfide) groups is 1. The number of benzene rings is 1. The maximum Gasteiger partial charge on any atom is 0.252 e. The van der Waals surface area contributed by atoms with Crippen molar-refractivity contribution in [3.05, 3.63) is 33.8 Å². The molecule has 1 aliphatic carbocycles. The molecule has 0 radical (unpaired) electrons. The first-order chi connectivity index (χ1) is 9.06. The summed E-state index contributed by atoms with van der Waals surface area (Å²) in [7, 11) is 0. The van der Waals surface area contributed by atoms with Crippen molar-refractivity contribution >= 4 is 33.6 Å². The molecule has 19 heavy (non-hydrogen) atoms. The Morgan fingerprint density at radius 3 is 2.74 bits per heavy atom. The Balaban J connectivity index is 2.03. The average molecular weight is 342 g/mol. The lowest BCUT2D eigenvalue weighted by molar-refractivity contribution is 0.0949. The first-order valence-electron chi connectivity index (χ1n) is 6.66. The maximum atomic E-state index is 12.3. The lowest BCUT2D eigenvalue weighted by Gasteiger charge is -2.27. The molecule has 0 saturated heterocycles. The molecule has 2 rings (SSSR count). The van der Waals surface area contributed by atoms with Crippen LogP contribution in [0.15, 0.2) is 22.7 Å². The maximum absolute atomic E-state index is 12.3. The molecule has 1 saturated carbocycles. The molecule has 0 unspecified atom stereocenters. The second-order valence-electron chi connectivity index (χ2n) is 5.26. The Labute approximate surface area is 127 Å². The highest BCUT2D eigenvalue weighted by molar-refractivity contribution is 9.10. The highest BCUT2D eigenvalue weighted by Crippen LogP contribution is 2.39. The third kappa shape index (κ3) is 3.54. The van der Waals surface area contributed by atoms with Gasteiger partial charge in [-0.2, -0.15) is 11.8 Å². The van der Waals surface area contributed by atoms with Crippen molar-refractivity contribution < 1.29 is 4.79 Å². The van der Waals surface area contributed by atoms with Crippen LogP contribution in [0, 0.1) is 6.92 Å². The van der Waals surface area contributed by atoms with Crippen molar-refractivity contribution in [2.75, 3.05) is 12.8 Å². The van der Waals surface area contributed by atoms with E-state index in [-0.39, 0.29) is 10.7 Å².